The van der Waals surface area contributed by atoms with Crippen molar-refractivity contribution < 1.29 is 29.4 Å². The molecule has 0 saturated carbocycles. The number of aryl methyl sites for hydroxylation is 1. The predicted octanol–water partition coefficient (Wildman–Crippen LogP) is 3.96. The number of phenolic OH excluding ortho intramolecular Hbond substituents is 1. The molecule has 3 rings (SSSR count). The number of aliphatic hydroxyl groups is 1. The van der Waals surface area contributed by atoms with E-state index in [4.69, 9.17) is 21.2 Å². The van der Waals surface area contributed by atoms with Crippen LogP contribution >= 0.6 is 11.6 Å². The Kier molecular flexibility index (Phi) is 10.2. The number of likely N-dealkylation sites (tertiary alicyclic amines) is 1. The summed E-state index contributed by atoms with van der Waals surface area (Å²) in [5.74, 6) is -0.819. The van der Waals surface area contributed by atoms with Gasteiger partial charge < -0.3 is 24.7 Å². The fourth-order valence-corrected chi connectivity index (χ4v) is 4.35. The lowest BCUT2D eigenvalue weighted by atomic mass is 9.94. The van der Waals surface area contributed by atoms with E-state index in [1.807, 2.05) is 6.92 Å². The number of oxime groups is 1. The molecular weight excluding hydrogens is 472 g/mol. The van der Waals surface area contributed by atoms with Crippen molar-refractivity contribution in [3.63, 3.8) is 0 Å². The van der Waals surface area contributed by atoms with Gasteiger partial charge >= 0.3 is 5.97 Å². The molecular formula is C26H33ClN2O6. The number of halogens is 1. The number of ether oxygens (including phenoxy) is 1. The zero-order valence-corrected chi connectivity index (χ0v) is 20.8. The molecule has 1 amide bonds. The molecule has 0 aliphatic carbocycles. The van der Waals surface area contributed by atoms with Crippen molar-refractivity contribution in [3.8, 4) is 5.75 Å². The van der Waals surface area contributed by atoms with Gasteiger partial charge in [-0.15, -0.1) is 0 Å². The number of allylic oxidation sites excluding steroid dienone is 1. The normalized spacial score (nSPS) is 22.6. The number of nitrogens with zero attached hydrogens (tertiary/aromatic N) is 2. The van der Waals surface area contributed by atoms with Gasteiger partial charge in [0.1, 0.15) is 5.75 Å². The van der Waals surface area contributed by atoms with Gasteiger partial charge in [0.25, 0.3) is 5.91 Å². The first kappa shape index (κ1) is 26.8. The Labute approximate surface area is 210 Å². The van der Waals surface area contributed by atoms with Crippen molar-refractivity contribution in [1.82, 2.24) is 4.90 Å². The first-order chi connectivity index (χ1) is 16.9. The van der Waals surface area contributed by atoms with Gasteiger partial charge in [-0.2, -0.15) is 0 Å². The molecule has 2 aliphatic heterocycles. The van der Waals surface area contributed by atoms with Crippen molar-refractivity contribution in [2.24, 2.45) is 5.16 Å². The molecule has 2 aliphatic rings. The number of esters is 1. The number of cyclic esters (lactones) is 1. The Bertz CT molecular complexity index is 998. The molecule has 0 aromatic heterocycles. The second-order valence-corrected chi connectivity index (χ2v) is 8.99. The number of aromatic hydroxyl groups is 1. The summed E-state index contributed by atoms with van der Waals surface area (Å²) in [6, 6.07) is 1.47. The Balaban J connectivity index is 1.91. The third-order valence-corrected chi connectivity index (χ3v) is 6.43. The van der Waals surface area contributed by atoms with Gasteiger partial charge in [-0.1, -0.05) is 41.9 Å². The lowest BCUT2D eigenvalue weighted by Crippen LogP contribution is -2.37. The van der Waals surface area contributed by atoms with Crippen LogP contribution in [0.1, 0.15) is 60.5 Å². The monoisotopic (exact) mass is 504 g/mol. The molecule has 1 aromatic rings. The number of benzene rings is 1. The summed E-state index contributed by atoms with van der Waals surface area (Å²) in [6.07, 6.45) is 10.5. The molecule has 1 unspecified atom stereocenters. The first-order valence-electron chi connectivity index (χ1n) is 12.1. The van der Waals surface area contributed by atoms with Crippen molar-refractivity contribution in [3.05, 3.63) is 52.1 Å². The van der Waals surface area contributed by atoms with Crippen LogP contribution in [-0.2, 0) is 27.2 Å². The zero-order valence-electron chi connectivity index (χ0n) is 20.0. The standard InChI is InChI=1S/C26H33ClN2O6/c1-2-18-15-22(31)25(27)21-16-19(28-35-17-23(32)29-12-5-3-6-13-29)9-8-11-20(30)10-4-7-14-34-26(33)24(18)21/h4,8-10,15,20,30-31H,2-3,5-7,11-14,16-17H2,1H3/b9-8+,10-4+,28-19-. The number of aliphatic hydroxyl groups excluding tert-OH is 1. The van der Waals surface area contributed by atoms with Crippen LogP contribution in [0, 0.1) is 0 Å². The fraction of sp³-hybridized carbons (Fsp3) is 0.500. The van der Waals surface area contributed by atoms with Crippen molar-refractivity contribution in [2.75, 3.05) is 26.3 Å². The molecule has 1 aromatic carbocycles. The molecule has 0 radical (unpaired) electrons. The molecule has 2 N–H and O–H groups in total. The fourth-order valence-electron chi connectivity index (χ4n) is 4.13. The highest BCUT2D eigenvalue weighted by Gasteiger charge is 2.24. The van der Waals surface area contributed by atoms with E-state index in [1.54, 1.807) is 29.2 Å². The summed E-state index contributed by atoms with van der Waals surface area (Å²) < 4.78 is 5.45. The Morgan fingerprint density at radius 1 is 1.29 bits per heavy atom. The molecule has 190 valence electrons. The summed E-state index contributed by atoms with van der Waals surface area (Å²) in [4.78, 5) is 32.6. The number of rotatable bonds is 4. The number of phenols is 1. The maximum atomic E-state index is 13.0. The number of carbonyl (C=O) groups excluding carboxylic acids is 2. The van der Waals surface area contributed by atoms with Crippen LogP contribution in [0.5, 0.6) is 5.75 Å². The number of hydrogen-bond acceptors (Lipinski definition) is 7. The summed E-state index contributed by atoms with van der Waals surface area (Å²) in [5, 5.41) is 24.7. The highest BCUT2D eigenvalue weighted by atomic mass is 35.5. The summed E-state index contributed by atoms with van der Waals surface area (Å²) in [7, 11) is 0. The quantitative estimate of drug-likeness (QED) is 0.365. The SMILES string of the molecule is CCc1cc(O)c(Cl)c2c1C(=O)OCC/C=C/C(O)C/C=C/C(=N/OCC(=O)N1CCCCC1)C2. The third-order valence-electron chi connectivity index (χ3n) is 6.01. The first-order valence-corrected chi connectivity index (χ1v) is 12.5. The number of piperidine rings is 1. The highest BCUT2D eigenvalue weighted by molar-refractivity contribution is 6.33. The smallest absolute Gasteiger partial charge is 0.338 e. The van der Waals surface area contributed by atoms with E-state index in [-0.39, 0.29) is 36.3 Å². The summed E-state index contributed by atoms with van der Waals surface area (Å²) in [6.45, 7) is 3.24. The van der Waals surface area contributed by atoms with E-state index in [2.05, 4.69) is 5.16 Å². The van der Waals surface area contributed by atoms with Gasteiger partial charge in [0.05, 0.1) is 29.0 Å². The topological polar surface area (TPSA) is 109 Å². The van der Waals surface area contributed by atoms with Gasteiger partial charge in [-0.3, -0.25) is 4.79 Å². The number of hydrogen-bond donors (Lipinski definition) is 2. The maximum absolute atomic E-state index is 13.0. The Morgan fingerprint density at radius 2 is 2.06 bits per heavy atom. The molecule has 0 bridgehead atoms. The van der Waals surface area contributed by atoms with E-state index < -0.39 is 12.1 Å². The van der Waals surface area contributed by atoms with Crippen LogP contribution in [0.4, 0.5) is 0 Å². The van der Waals surface area contributed by atoms with Gasteiger partial charge in [0, 0.05) is 19.5 Å². The molecule has 8 nitrogen and oxygen atoms in total. The van der Waals surface area contributed by atoms with Crippen molar-refractivity contribution >= 4 is 29.2 Å². The maximum Gasteiger partial charge on any atom is 0.338 e. The van der Waals surface area contributed by atoms with E-state index >= 15 is 0 Å². The summed E-state index contributed by atoms with van der Waals surface area (Å²) in [5.41, 5.74) is 1.65. The minimum Gasteiger partial charge on any atom is -0.506 e. The molecule has 2 heterocycles. The van der Waals surface area contributed by atoms with Gasteiger partial charge in [0.2, 0.25) is 0 Å². The van der Waals surface area contributed by atoms with Crippen molar-refractivity contribution in [1.29, 1.82) is 0 Å². The van der Waals surface area contributed by atoms with Crippen LogP contribution in [0.25, 0.3) is 0 Å². The number of amides is 1. The van der Waals surface area contributed by atoms with E-state index in [0.717, 1.165) is 19.3 Å². The number of fused-ring (bicyclic) bond motifs is 1. The van der Waals surface area contributed by atoms with E-state index in [1.165, 1.54) is 6.07 Å². The molecule has 1 fully saturated rings. The average Bonchev–Trinajstić information content (AvgIpc) is 2.85. The molecule has 35 heavy (non-hydrogen) atoms. The zero-order chi connectivity index (χ0) is 25.2. The summed E-state index contributed by atoms with van der Waals surface area (Å²) >= 11 is 6.44. The molecule has 1 saturated heterocycles. The Hall–Kier alpha value is -2.84. The van der Waals surface area contributed by atoms with E-state index in [0.29, 0.717) is 54.8 Å². The molecule has 9 heteroatoms. The largest absolute Gasteiger partial charge is 0.506 e. The van der Waals surface area contributed by atoms with Crippen LogP contribution in [0.15, 0.2) is 35.5 Å². The number of carbonyl (C=O) groups is 2. The molecule has 0 spiro atoms. The lowest BCUT2D eigenvalue weighted by Gasteiger charge is -2.26. The van der Waals surface area contributed by atoms with Gasteiger partial charge in [-0.25, -0.2) is 4.79 Å². The second-order valence-electron chi connectivity index (χ2n) is 8.61. The van der Waals surface area contributed by atoms with Crippen LogP contribution < -0.4 is 0 Å². The average molecular weight is 505 g/mol. The second kappa shape index (κ2) is 13.3. The lowest BCUT2D eigenvalue weighted by molar-refractivity contribution is -0.137. The minimum absolute atomic E-state index is 0.0340. The van der Waals surface area contributed by atoms with Crippen LogP contribution in [0.3, 0.4) is 0 Å². The van der Waals surface area contributed by atoms with Gasteiger partial charge in [-0.05, 0) is 61.8 Å². The third kappa shape index (κ3) is 7.57. The minimum atomic E-state index is -0.709. The highest BCUT2D eigenvalue weighted by Crippen LogP contribution is 2.34. The molecule has 1 atom stereocenters. The predicted molar refractivity (Wildman–Crippen MR) is 134 cm³/mol. The van der Waals surface area contributed by atoms with Crippen LogP contribution in [-0.4, -0.2) is 65.1 Å². The Morgan fingerprint density at radius 3 is 2.80 bits per heavy atom. The van der Waals surface area contributed by atoms with Gasteiger partial charge in [0.15, 0.2) is 6.61 Å². The van der Waals surface area contributed by atoms with Crippen molar-refractivity contribution in [2.45, 2.75) is 58.0 Å². The van der Waals surface area contributed by atoms with Crippen LogP contribution in [0.2, 0.25) is 5.02 Å². The van der Waals surface area contributed by atoms with E-state index in [9.17, 15) is 19.8 Å².